The molecule has 0 bridgehead atoms. The molecule has 0 aliphatic heterocycles. The predicted octanol–water partition coefficient (Wildman–Crippen LogP) is 1.90. The lowest BCUT2D eigenvalue weighted by atomic mass is 10.1. The SMILES string of the molecule is COc1cc(/C=C(\C#N)C(=O)NCc2ccccc2)cc([N+](=O)[O-])c1[O-]. The Hall–Kier alpha value is -3.86. The van der Waals surface area contributed by atoms with Gasteiger partial charge in [-0.3, -0.25) is 14.9 Å². The fourth-order valence-corrected chi connectivity index (χ4v) is 2.17. The zero-order chi connectivity index (χ0) is 19.1. The molecule has 2 aromatic carbocycles. The maximum absolute atomic E-state index is 12.2. The summed E-state index contributed by atoms with van der Waals surface area (Å²) in [6, 6.07) is 13.1. The van der Waals surface area contributed by atoms with Gasteiger partial charge in [-0.1, -0.05) is 30.3 Å². The molecule has 26 heavy (non-hydrogen) atoms. The van der Waals surface area contributed by atoms with Crippen LogP contribution in [0.4, 0.5) is 5.69 Å². The molecule has 0 atom stereocenters. The van der Waals surface area contributed by atoms with Crippen molar-refractivity contribution in [2.45, 2.75) is 6.54 Å². The molecule has 1 amide bonds. The number of methoxy groups -OCH3 is 1. The molecule has 0 aliphatic carbocycles. The summed E-state index contributed by atoms with van der Waals surface area (Å²) in [5.41, 5.74) is 0.0410. The van der Waals surface area contributed by atoms with Crippen molar-refractivity contribution >= 4 is 17.7 Å². The van der Waals surface area contributed by atoms with Crippen LogP contribution in [0.1, 0.15) is 11.1 Å². The highest BCUT2D eigenvalue weighted by atomic mass is 16.6. The Morgan fingerprint density at radius 1 is 1.35 bits per heavy atom. The second kappa shape index (κ2) is 8.30. The molecule has 0 unspecified atom stereocenters. The Bertz CT molecular complexity index is 901. The summed E-state index contributed by atoms with van der Waals surface area (Å²) >= 11 is 0. The van der Waals surface area contributed by atoms with Crippen molar-refractivity contribution < 1.29 is 19.6 Å². The van der Waals surface area contributed by atoms with Crippen LogP contribution in [-0.2, 0) is 11.3 Å². The van der Waals surface area contributed by atoms with Crippen molar-refractivity contribution in [1.82, 2.24) is 5.32 Å². The first-order valence-electron chi connectivity index (χ1n) is 7.43. The standard InChI is InChI=1S/C18H15N3O5/c1-26-16-9-13(8-15(17(16)22)21(24)25)7-14(10-19)18(23)20-11-12-5-3-2-4-6-12/h2-9,22H,11H2,1H3,(H,20,23)/p-1/b14-7+. The van der Waals surface area contributed by atoms with Gasteiger partial charge in [-0.05, 0) is 23.3 Å². The zero-order valence-electron chi connectivity index (χ0n) is 13.8. The molecule has 8 heteroatoms. The second-order valence-electron chi connectivity index (χ2n) is 5.17. The average Bonchev–Trinajstić information content (AvgIpc) is 2.65. The summed E-state index contributed by atoms with van der Waals surface area (Å²) in [6.45, 7) is 0.224. The molecule has 0 aliphatic rings. The van der Waals surface area contributed by atoms with Crippen molar-refractivity contribution in [3.8, 4) is 17.6 Å². The molecule has 0 saturated heterocycles. The average molecular weight is 352 g/mol. The normalized spacial score (nSPS) is 10.7. The van der Waals surface area contributed by atoms with Crippen LogP contribution in [0.2, 0.25) is 0 Å². The number of amides is 1. The molecule has 2 rings (SSSR count). The molecule has 0 aromatic heterocycles. The Labute approximate surface area is 149 Å². The maximum atomic E-state index is 12.2. The molecule has 0 radical (unpaired) electrons. The number of hydrogen-bond acceptors (Lipinski definition) is 6. The quantitative estimate of drug-likeness (QED) is 0.366. The predicted molar refractivity (Wildman–Crippen MR) is 91.0 cm³/mol. The third kappa shape index (κ3) is 4.36. The largest absolute Gasteiger partial charge is 0.865 e. The van der Waals surface area contributed by atoms with E-state index < -0.39 is 22.3 Å². The van der Waals surface area contributed by atoms with Gasteiger partial charge < -0.3 is 15.2 Å². The molecule has 2 aromatic rings. The molecule has 132 valence electrons. The summed E-state index contributed by atoms with van der Waals surface area (Å²) in [6.07, 6.45) is 1.16. The van der Waals surface area contributed by atoms with Gasteiger partial charge >= 0.3 is 0 Å². The molecule has 0 spiro atoms. The lowest BCUT2D eigenvalue weighted by Crippen LogP contribution is -2.23. The van der Waals surface area contributed by atoms with Crippen LogP contribution in [0.5, 0.6) is 11.5 Å². The first-order chi connectivity index (χ1) is 12.5. The molecular formula is C18H14N3O5-. The van der Waals surface area contributed by atoms with E-state index in [2.05, 4.69) is 5.32 Å². The van der Waals surface area contributed by atoms with Crippen molar-refractivity contribution in [3.63, 3.8) is 0 Å². The number of rotatable bonds is 6. The minimum Gasteiger partial charge on any atom is -0.865 e. The van der Waals surface area contributed by atoms with Gasteiger partial charge in [0.2, 0.25) is 0 Å². The summed E-state index contributed by atoms with van der Waals surface area (Å²) < 4.78 is 4.83. The fourth-order valence-electron chi connectivity index (χ4n) is 2.17. The molecule has 1 N–H and O–H groups in total. The van der Waals surface area contributed by atoms with E-state index in [0.29, 0.717) is 0 Å². The number of nitro groups is 1. The van der Waals surface area contributed by atoms with E-state index in [1.54, 1.807) is 6.07 Å². The smallest absolute Gasteiger partial charge is 0.266 e. The first-order valence-corrected chi connectivity index (χ1v) is 7.43. The van der Waals surface area contributed by atoms with Gasteiger partial charge in [-0.15, -0.1) is 0 Å². The van der Waals surface area contributed by atoms with E-state index >= 15 is 0 Å². The lowest BCUT2D eigenvalue weighted by molar-refractivity contribution is -0.398. The van der Waals surface area contributed by atoms with Crippen molar-refractivity contribution in [2.75, 3.05) is 7.11 Å². The van der Waals surface area contributed by atoms with Crippen molar-refractivity contribution in [3.05, 3.63) is 69.3 Å². The Kier molecular flexibility index (Phi) is 5.90. The van der Waals surface area contributed by atoms with Gasteiger partial charge in [0.1, 0.15) is 17.4 Å². The third-order valence-electron chi connectivity index (χ3n) is 3.45. The van der Waals surface area contributed by atoms with E-state index in [9.17, 15) is 25.3 Å². The monoisotopic (exact) mass is 352 g/mol. The summed E-state index contributed by atoms with van der Waals surface area (Å²) in [5, 5.41) is 34.6. The minimum absolute atomic E-state index is 0.138. The van der Waals surface area contributed by atoms with Gasteiger partial charge in [0, 0.05) is 18.4 Å². The summed E-state index contributed by atoms with van der Waals surface area (Å²) in [7, 11) is 1.20. The highest BCUT2D eigenvalue weighted by Gasteiger charge is 2.15. The Morgan fingerprint density at radius 3 is 2.62 bits per heavy atom. The molecular weight excluding hydrogens is 338 g/mol. The topological polar surface area (TPSA) is 128 Å². The number of nitrogens with one attached hydrogen (secondary N) is 1. The number of carbonyl (C=O) groups is 1. The van der Waals surface area contributed by atoms with Gasteiger partial charge in [0.25, 0.3) is 11.6 Å². The van der Waals surface area contributed by atoms with E-state index in [-0.39, 0.29) is 23.4 Å². The van der Waals surface area contributed by atoms with Crippen LogP contribution in [0, 0.1) is 21.4 Å². The number of nitrogens with zero attached hydrogens (tertiary/aromatic N) is 2. The number of nitriles is 1. The summed E-state index contributed by atoms with van der Waals surface area (Å²) in [4.78, 5) is 22.3. The minimum atomic E-state index is -0.873. The number of nitro benzene ring substituents is 1. The van der Waals surface area contributed by atoms with Crippen LogP contribution in [0.25, 0.3) is 6.08 Å². The van der Waals surface area contributed by atoms with E-state index in [0.717, 1.165) is 17.7 Å². The van der Waals surface area contributed by atoms with Crippen LogP contribution in [0.3, 0.4) is 0 Å². The zero-order valence-corrected chi connectivity index (χ0v) is 13.8. The van der Waals surface area contributed by atoms with Gasteiger partial charge in [0.15, 0.2) is 0 Å². The number of ether oxygens (including phenoxy) is 1. The van der Waals surface area contributed by atoms with E-state index in [4.69, 9.17) is 4.74 Å². The van der Waals surface area contributed by atoms with Gasteiger partial charge in [-0.25, -0.2) is 0 Å². The highest BCUT2D eigenvalue weighted by molar-refractivity contribution is 6.01. The summed E-state index contributed by atoms with van der Waals surface area (Å²) in [5.74, 6) is -1.75. The molecule has 0 fully saturated rings. The first kappa shape index (κ1) is 18.5. The molecule has 0 heterocycles. The number of hydrogen-bond donors (Lipinski definition) is 1. The lowest BCUT2D eigenvalue weighted by Gasteiger charge is -2.13. The Morgan fingerprint density at radius 2 is 2.04 bits per heavy atom. The molecule has 0 saturated carbocycles. The van der Waals surface area contributed by atoms with E-state index in [1.165, 1.54) is 13.2 Å². The maximum Gasteiger partial charge on any atom is 0.266 e. The number of carbonyl (C=O) groups excluding carboxylic acids is 1. The van der Waals surface area contributed by atoms with Crippen LogP contribution in [0.15, 0.2) is 48.0 Å². The second-order valence-corrected chi connectivity index (χ2v) is 5.17. The molecule has 8 nitrogen and oxygen atoms in total. The highest BCUT2D eigenvalue weighted by Crippen LogP contribution is 2.35. The van der Waals surface area contributed by atoms with Crippen molar-refractivity contribution in [1.29, 1.82) is 5.26 Å². The van der Waals surface area contributed by atoms with Gasteiger partial charge in [0.05, 0.1) is 12.0 Å². The van der Waals surface area contributed by atoms with Crippen LogP contribution in [-0.4, -0.2) is 17.9 Å². The van der Waals surface area contributed by atoms with Crippen molar-refractivity contribution in [2.24, 2.45) is 0 Å². The number of benzene rings is 2. The van der Waals surface area contributed by atoms with Crippen LogP contribution >= 0.6 is 0 Å². The third-order valence-corrected chi connectivity index (χ3v) is 3.45. The van der Waals surface area contributed by atoms with Crippen LogP contribution < -0.4 is 15.2 Å². The fraction of sp³-hybridized carbons (Fsp3) is 0.111. The van der Waals surface area contributed by atoms with E-state index in [1.807, 2.05) is 30.3 Å². The Balaban J connectivity index is 2.27. The van der Waals surface area contributed by atoms with Gasteiger partial charge in [-0.2, -0.15) is 5.26 Å².